The second kappa shape index (κ2) is 7.36. The van der Waals surface area contributed by atoms with Crippen molar-refractivity contribution in [2.75, 3.05) is 0 Å². The van der Waals surface area contributed by atoms with Crippen molar-refractivity contribution in [1.29, 1.82) is 0 Å². The van der Waals surface area contributed by atoms with Gasteiger partial charge in [0.2, 0.25) is 0 Å². The zero-order valence-electron chi connectivity index (χ0n) is 21.2. The molecule has 5 aromatic rings. The molecule has 2 aliphatic heterocycles. The lowest BCUT2D eigenvalue weighted by Crippen LogP contribution is -2.57. The van der Waals surface area contributed by atoms with Crippen LogP contribution in [0.25, 0.3) is 22.4 Å². The number of fused-ring (bicyclic) bond motifs is 4. The first-order valence-electron chi connectivity index (χ1n) is 12.8. The van der Waals surface area contributed by atoms with Gasteiger partial charge in [-0.3, -0.25) is 4.98 Å². The average molecular weight is 440 g/mol. The summed E-state index contributed by atoms with van der Waals surface area (Å²) in [6.45, 7) is -2.37. The predicted octanol–water partition coefficient (Wildman–Crippen LogP) is 5.45. The lowest BCUT2D eigenvalue weighted by Gasteiger charge is -2.33. The normalized spacial score (nSPS) is 14.4. The summed E-state index contributed by atoms with van der Waals surface area (Å²) in [6.07, 6.45) is 1.66. The molecule has 0 saturated heterocycles. The van der Waals surface area contributed by atoms with E-state index in [0.717, 1.165) is 44.8 Å². The molecule has 3 heterocycles. The number of rotatable bonds is 2. The van der Waals surface area contributed by atoms with E-state index in [-0.39, 0.29) is 12.3 Å². The third kappa shape index (κ3) is 2.82. The van der Waals surface area contributed by atoms with Crippen molar-refractivity contribution in [3.8, 4) is 45.4 Å². The SMILES string of the molecule is [2H]C([2H])([2H])c1cc(-c2cccc3c2Oc2cccc4c2B3c2ccccc2O4)ncc1-c1ccccc1. The van der Waals surface area contributed by atoms with E-state index >= 15 is 0 Å². The van der Waals surface area contributed by atoms with Crippen LogP contribution in [-0.2, 0) is 0 Å². The van der Waals surface area contributed by atoms with E-state index in [1.807, 2.05) is 78.9 Å². The molecule has 3 nitrogen and oxygen atoms in total. The first kappa shape index (κ1) is 16.3. The first-order chi connectivity index (χ1) is 18.0. The van der Waals surface area contributed by atoms with Crippen molar-refractivity contribution in [3.05, 3.63) is 109 Å². The van der Waals surface area contributed by atoms with Gasteiger partial charge in [0.25, 0.3) is 6.71 Å². The number of para-hydroxylation sites is 2. The Morgan fingerprint density at radius 3 is 2.32 bits per heavy atom. The summed E-state index contributed by atoms with van der Waals surface area (Å²) in [7, 11) is 0. The minimum atomic E-state index is -2.31. The lowest BCUT2D eigenvalue weighted by molar-refractivity contribution is 0.465. The Hall–Kier alpha value is -4.31. The topological polar surface area (TPSA) is 31.4 Å². The molecule has 0 bridgehead atoms. The summed E-state index contributed by atoms with van der Waals surface area (Å²) < 4.78 is 37.4. The maximum Gasteiger partial charge on any atom is 0.260 e. The minimum absolute atomic E-state index is 0.0643. The molecule has 0 unspecified atom stereocenters. The number of hydrogen-bond acceptors (Lipinski definition) is 3. The van der Waals surface area contributed by atoms with Crippen LogP contribution in [0.4, 0.5) is 0 Å². The number of hydrogen-bond donors (Lipinski definition) is 0. The van der Waals surface area contributed by atoms with E-state index < -0.39 is 6.85 Å². The summed E-state index contributed by atoms with van der Waals surface area (Å²) in [6, 6.07) is 31.0. The van der Waals surface area contributed by atoms with Gasteiger partial charge in [0, 0.05) is 26.9 Å². The van der Waals surface area contributed by atoms with Crippen LogP contribution in [0, 0.1) is 6.85 Å². The molecular weight excluding hydrogens is 417 g/mol. The van der Waals surface area contributed by atoms with Gasteiger partial charge in [-0.1, -0.05) is 66.7 Å². The Balaban J connectivity index is 1.43. The van der Waals surface area contributed by atoms with Gasteiger partial charge < -0.3 is 9.47 Å². The summed E-state index contributed by atoms with van der Waals surface area (Å²) in [5, 5.41) is 0. The zero-order valence-corrected chi connectivity index (χ0v) is 18.2. The number of nitrogens with zero attached hydrogens (tertiary/aromatic N) is 1. The molecule has 34 heavy (non-hydrogen) atoms. The molecule has 0 radical (unpaired) electrons. The number of ether oxygens (including phenoxy) is 2. The smallest absolute Gasteiger partial charge is 0.260 e. The molecule has 7 rings (SSSR count). The third-order valence-electron chi connectivity index (χ3n) is 6.60. The molecule has 1 aromatic heterocycles. The van der Waals surface area contributed by atoms with Crippen LogP contribution >= 0.6 is 0 Å². The summed E-state index contributed by atoms with van der Waals surface area (Å²) >= 11 is 0. The van der Waals surface area contributed by atoms with E-state index in [4.69, 9.17) is 18.6 Å². The fourth-order valence-corrected chi connectivity index (χ4v) is 5.05. The van der Waals surface area contributed by atoms with E-state index in [0.29, 0.717) is 17.0 Å². The Kier molecular flexibility index (Phi) is 3.53. The fourth-order valence-electron chi connectivity index (χ4n) is 5.05. The third-order valence-corrected chi connectivity index (χ3v) is 6.60. The molecule has 0 spiro atoms. The lowest BCUT2D eigenvalue weighted by atomic mass is 9.34. The second-order valence-electron chi connectivity index (χ2n) is 8.55. The van der Waals surface area contributed by atoms with Crippen molar-refractivity contribution in [3.63, 3.8) is 0 Å². The van der Waals surface area contributed by atoms with Crippen molar-refractivity contribution >= 4 is 23.1 Å². The van der Waals surface area contributed by atoms with Gasteiger partial charge in [-0.05, 0) is 59.2 Å². The van der Waals surface area contributed by atoms with Crippen molar-refractivity contribution in [2.24, 2.45) is 0 Å². The summed E-state index contributed by atoms with van der Waals surface area (Å²) in [5.41, 5.74) is 6.06. The van der Waals surface area contributed by atoms with E-state index in [9.17, 15) is 0 Å². The summed E-state index contributed by atoms with van der Waals surface area (Å²) in [4.78, 5) is 4.74. The van der Waals surface area contributed by atoms with E-state index in [2.05, 4.69) is 12.1 Å². The van der Waals surface area contributed by atoms with Gasteiger partial charge in [-0.2, -0.15) is 0 Å². The Morgan fingerprint density at radius 2 is 1.44 bits per heavy atom. The van der Waals surface area contributed by atoms with E-state index in [1.54, 1.807) is 12.3 Å². The standard InChI is InChI=1S/C30H20BNO2/c1-19-17-25(32-18-22(19)20-9-3-2-4-10-20)21-11-7-13-24-30(21)34-28-16-8-15-27-29(28)31(24)23-12-5-6-14-26(23)33-27/h2-18H,1H3/i1D3. The van der Waals surface area contributed by atoms with Gasteiger partial charge in [0.15, 0.2) is 0 Å². The molecule has 0 N–H and O–H groups in total. The first-order valence-corrected chi connectivity index (χ1v) is 11.3. The van der Waals surface area contributed by atoms with Crippen LogP contribution in [0.5, 0.6) is 23.0 Å². The Labute approximate surface area is 202 Å². The number of aryl methyl sites for hydroxylation is 1. The molecular formula is C30H20BNO2. The molecule has 0 saturated carbocycles. The predicted molar refractivity (Wildman–Crippen MR) is 138 cm³/mol. The molecule has 0 fully saturated rings. The Bertz CT molecular complexity index is 1680. The quantitative estimate of drug-likeness (QED) is 0.335. The summed E-state index contributed by atoms with van der Waals surface area (Å²) in [5.74, 6) is 3.02. The monoisotopic (exact) mass is 440 g/mol. The maximum absolute atomic E-state index is 8.24. The number of aromatic nitrogens is 1. The highest BCUT2D eigenvalue weighted by Crippen LogP contribution is 2.39. The van der Waals surface area contributed by atoms with Gasteiger partial charge in [-0.25, -0.2) is 0 Å². The molecule has 4 heteroatoms. The van der Waals surface area contributed by atoms with Gasteiger partial charge in [0.05, 0.1) is 5.69 Å². The maximum atomic E-state index is 8.24. The van der Waals surface area contributed by atoms with E-state index in [1.165, 1.54) is 0 Å². The minimum Gasteiger partial charge on any atom is -0.458 e. The van der Waals surface area contributed by atoms with Crippen molar-refractivity contribution < 1.29 is 13.6 Å². The largest absolute Gasteiger partial charge is 0.458 e. The van der Waals surface area contributed by atoms with Crippen molar-refractivity contribution in [2.45, 2.75) is 6.85 Å². The fraction of sp³-hybridized carbons (Fsp3) is 0.0333. The van der Waals surface area contributed by atoms with Crippen LogP contribution < -0.4 is 25.9 Å². The second-order valence-corrected chi connectivity index (χ2v) is 8.55. The molecule has 0 amide bonds. The zero-order chi connectivity index (χ0) is 25.1. The molecule has 0 atom stereocenters. The van der Waals surface area contributed by atoms with Crippen LogP contribution in [-0.4, -0.2) is 11.7 Å². The highest BCUT2D eigenvalue weighted by molar-refractivity contribution is 6.98. The van der Waals surface area contributed by atoms with Crippen LogP contribution in [0.3, 0.4) is 0 Å². The average Bonchev–Trinajstić information content (AvgIpc) is 2.92. The molecule has 0 aliphatic carbocycles. The van der Waals surface area contributed by atoms with Crippen LogP contribution in [0.2, 0.25) is 0 Å². The van der Waals surface area contributed by atoms with Crippen LogP contribution in [0.1, 0.15) is 9.68 Å². The van der Waals surface area contributed by atoms with Gasteiger partial charge in [-0.15, -0.1) is 0 Å². The highest BCUT2D eigenvalue weighted by Gasteiger charge is 2.40. The van der Waals surface area contributed by atoms with Gasteiger partial charge in [0.1, 0.15) is 23.0 Å². The number of pyridine rings is 1. The molecule has 4 aromatic carbocycles. The highest BCUT2D eigenvalue weighted by atomic mass is 16.5. The molecule has 2 aliphatic rings. The Morgan fingerprint density at radius 1 is 0.706 bits per heavy atom. The van der Waals surface area contributed by atoms with Crippen molar-refractivity contribution in [1.82, 2.24) is 4.98 Å². The van der Waals surface area contributed by atoms with Crippen LogP contribution in [0.15, 0.2) is 103 Å². The van der Waals surface area contributed by atoms with Gasteiger partial charge >= 0.3 is 0 Å². The molecule has 160 valence electrons. The number of benzene rings is 4.